The third-order valence-electron chi connectivity index (χ3n) is 2.16. The number of hydrogen-bond donors (Lipinski definition) is 0. The lowest BCUT2D eigenvalue weighted by molar-refractivity contribution is -0.676. The molecule has 0 fully saturated rings. The SMILES string of the molecule is Cc1ccccc1-[n+]1noc([O-])c1C. The first-order valence-corrected chi connectivity index (χ1v) is 4.32. The fourth-order valence-electron chi connectivity index (χ4n) is 1.32. The normalized spacial score (nSPS) is 10.4. The van der Waals surface area contributed by atoms with Crippen LogP contribution in [-0.2, 0) is 0 Å². The Hall–Kier alpha value is -1.84. The molecule has 0 aliphatic carbocycles. The Morgan fingerprint density at radius 2 is 2.00 bits per heavy atom. The minimum absolute atomic E-state index is 0.395. The average molecular weight is 190 g/mol. The van der Waals surface area contributed by atoms with E-state index in [1.54, 1.807) is 6.92 Å². The molecule has 1 aromatic carbocycles. The summed E-state index contributed by atoms with van der Waals surface area (Å²) in [7, 11) is 0. The van der Waals surface area contributed by atoms with E-state index in [2.05, 4.69) is 9.79 Å². The van der Waals surface area contributed by atoms with Crippen molar-refractivity contribution in [1.82, 2.24) is 5.27 Å². The van der Waals surface area contributed by atoms with E-state index in [-0.39, 0.29) is 0 Å². The summed E-state index contributed by atoms with van der Waals surface area (Å²) < 4.78 is 6.07. The lowest BCUT2D eigenvalue weighted by atomic mass is 10.2. The number of nitrogens with zero attached hydrogens (tertiary/aromatic N) is 2. The fraction of sp³-hybridized carbons (Fsp3) is 0.200. The van der Waals surface area contributed by atoms with Gasteiger partial charge in [0.1, 0.15) is 0 Å². The predicted molar refractivity (Wildman–Crippen MR) is 47.0 cm³/mol. The Bertz CT molecular complexity index is 463. The number of rotatable bonds is 1. The molecule has 1 aromatic heterocycles. The molecule has 0 aliphatic heterocycles. The van der Waals surface area contributed by atoms with Crippen molar-refractivity contribution in [1.29, 1.82) is 0 Å². The Labute approximate surface area is 81.4 Å². The van der Waals surface area contributed by atoms with E-state index in [0.717, 1.165) is 11.3 Å². The highest BCUT2D eigenvalue weighted by Gasteiger charge is 2.17. The molecule has 72 valence electrons. The molecule has 0 radical (unpaired) electrons. The summed E-state index contributed by atoms with van der Waals surface area (Å²) in [4.78, 5) is 0. The summed E-state index contributed by atoms with van der Waals surface area (Å²) in [5, 5.41) is 14.7. The van der Waals surface area contributed by atoms with E-state index in [9.17, 15) is 5.11 Å². The number of para-hydroxylation sites is 1. The molecular weight excluding hydrogens is 180 g/mol. The number of benzene rings is 1. The lowest BCUT2D eigenvalue weighted by Crippen LogP contribution is -2.36. The minimum atomic E-state index is -0.395. The van der Waals surface area contributed by atoms with Crippen LogP contribution in [0.15, 0.2) is 28.8 Å². The molecule has 0 amide bonds. The van der Waals surface area contributed by atoms with Gasteiger partial charge in [-0.25, -0.2) is 0 Å². The first-order valence-electron chi connectivity index (χ1n) is 4.32. The van der Waals surface area contributed by atoms with Gasteiger partial charge in [0.15, 0.2) is 5.95 Å². The molecule has 2 rings (SSSR count). The third-order valence-corrected chi connectivity index (χ3v) is 2.16. The summed E-state index contributed by atoms with van der Waals surface area (Å²) in [6.45, 7) is 3.65. The summed E-state index contributed by atoms with van der Waals surface area (Å²) in [6, 6.07) is 7.69. The van der Waals surface area contributed by atoms with Crippen LogP contribution < -0.4 is 9.79 Å². The number of hydrogen-bond acceptors (Lipinski definition) is 3. The first kappa shape index (κ1) is 8.74. The minimum Gasteiger partial charge on any atom is -0.539 e. The summed E-state index contributed by atoms with van der Waals surface area (Å²) in [5.41, 5.74) is 2.41. The van der Waals surface area contributed by atoms with Crippen LogP contribution in [0.1, 0.15) is 11.3 Å². The van der Waals surface area contributed by atoms with Crippen molar-refractivity contribution in [3.63, 3.8) is 0 Å². The molecule has 14 heavy (non-hydrogen) atoms. The zero-order chi connectivity index (χ0) is 10.1. The maximum Gasteiger partial charge on any atom is 0.242 e. The summed E-state index contributed by atoms with van der Waals surface area (Å²) in [6.07, 6.45) is 0. The van der Waals surface area contributed by atoms with Gasteiger partial charge in [-0.3, -0.25) is 0 Å². The second kappa shape index (κ2) is 3.14. The molecule has 4 nitrogen and oxygen atoms in total. The molecule has 0 spiro atoms. The standard InChI is InChI=1S/C10H10N2O2/c1-7-5-3-4-6-9(7)12-8(2)10(13)14-11-12/h3-6H,1-2H3. The largest absolute Gasteiger partial charge is 0.539 e. The van der Waals surface area contributed by atoms with Crippen molar-refractivity contribution in [3.05, 3.63) is 35.5 Å². The molecule has 4 heteroatoms. The van der Waals surface area contributed by atoms with E-state index in [0.29, 0.717) is 5.69 Å². The lowest BCUT2D eigenvalue weighted by Gasteiger charge is -1.95. The van der Waals surface area contributed by atoms with Gasteiger partial charge in [0.2, 0.25) is 11.4 Å². The van der Waals surface area contributed by atoms with Gasteiger partial charge in [-0.05, 0) is 11.6 Å². The highest BCUT2D eigenvalue weighted by Crippen LogP contribution is 2.11. The quantitative estimate of drug-likeness (QED) is 0.620. The maximum atomic E-state index is 11.1. The van der Waals surface area contributed by atoms with Gasteiger partial charge in [0.05, 0.1) is 5.27 Å². The molecule has 0 unspecified atom stereocenters. The molecule has 0 saturated carbocycles. The fourth-order valence-corrected chi connectivity index (χ4v) is 1.32. The Morgan fingerprint density at radius 1 is 1.29 bits per heavy atom. The Morgan fingerprint density at radius 3 is 2.57 bits per heavy atom. The van der Waals surface area contributed by atoms with Gasteiger partial charge in [0, 0.05) is 18.6 Å². The van der Waals surface area contributed by atoms with Crippen LogP contribution in [0.25, 0.3) is 5.69 Å². The van der Waals surface area contributed by atoms with Crippen molar-refractivity contribution in [2.24, 2.45) is 0 Å². The first-order chi connectivity index (χ1) is 6.70. The van der Waals surface area contributed by atoms with E-state index in [1.807, 2.05) is 31.2 Å². The van der Waals surface area contributed by atoms with Crippen molar-refractivity contribution in [3.8, 4) is 11.6 Å². The molecule has 0 atom stereocenters. The zero-order valence-corrected chi connectivity index (χ0v) is 8.02. The van der Waals surface area contributed by atoms with Gasteiger partial charge in [-0.15, -0.1) is 0 Å². The highest BCUT2D eigenvalue weighted by molar-refractivity contribution is 5.32. The topological polar surface area (TPSA) is 53.0 Å². The van der Waals surface area contributed by atoms with Gasteiger partial charge >= 0.3 is 0 Å². The van der Waals surface area contributed by atoms with Crippen LogP contribution >= 0.6 is 0 Å². The van der Waals surface area contributed by atoms with Gasteiger partial charge in [0.25, 0.3) is 0 Å². The Balaban J connectivity index is 2.60. The third kappa shape index (κ3) is 1.25. The van der Waals surface area contributed by atoms with E-state index < -0.39 is 5.95 Å². The second-order valence-corrected chi connectivity index (χ2v) is 3.14. The van der Waals surface area contributed by atoms with Crippen LogP contribution in [0.3, 0.4) is 0 Å². The van der Waals surface area contributed by atoms with Gasteiger partial charge < -0.3 is 9.63 Å². The molecule has 2 aromatic rings. The van der Waals surface area contributed by atoms with Crippen LogP contribution in [-0.4, -0.2) is 5.27 Å². The van der Waals surface area contributed by atoms with Crippen molar-refractivity contribution in [2.75, 3.05) is 0 Å². The molecule has 0 bridgehead atoms. The summed E-state index contributed by atoms with van der Waals surface area (Å²) in [5.74, 6) is -0.395. The number of aromatic nitrogens is 2. The monoisotopic (exact) mass is 190 g/mol. The Kier molecular flexibility index (Phi) is 1.96. The number of aryl methyl sites for hydroxylation is 1. The highest BCUT2D eigenvalue weighted by atomic mass is 16.6. The summed E-state index contributed by atoms with van der Waals surface area (Å²) >= 11 is 0. The molecule has 0 saturated heterocycles. The van der Waals surface area contributed by atoms with E-state index >= 15 is 0 Å². The second-order valence-electron chi connectivity index (χ2n) is 3.14. The molecule has 0 N–H and O–H groups in total. The predicted octanol–water partition coefficient (Wildman–Crippen LogP) is 0.642. The van der Waals surface area contributed by atoms with Crippen molar-refractivity contribution >= 4 is 0 Å². The smallest absolute Gasteiger partial charge is 0.242 e. The average Bonchev–Trinajstić information content (AvgIpc) is 2.49. The van der Waals surface area contributed by atoms with E-state index in [1.165, 1.54) is 4.68 Å². The van der Waals surface area contributed by atoms with Gasteiger partial charge in [-0.2, -0.15) is 0 Å². The molecule has 1 heterocycles. The van der Waals surface area contributed by atoms with Crippen LogP contribution in [0.2, 0.25) is 0 Å². The molecule has 0 aliphatic rings. The zero-order valence-electron chi connectivity index (χ0n) is 8.02. The van der Waals surface area contributed by atoms with Crippen LogP contribution in [0.5, 0.6) is 5.95 Å². The molecular formula is C10H10N2O2. The van der Waals surface area contributed by atoms with Crippen LogP contribution in [0.4, 0.5) is 0 Å². The van der Waals surface area contributed by atoms with Crippen molar-refractivity contribution < 1.29 is 14.3 Å². The maximum absolute atomic E-state index is 11.1. The van der Waals surface area contributed by atoms with Gasteiger partial charge in [-0.1, -0.05) is 18.2 Å². The van der Waals surface area contributed by atoms with E-state index in [4.69, 9.17) is 0 Å². The van der Waals surface area contributed by atoms with Crippen LogP contribution in [0, 0.1) is 13.8 Å². The van der Waals surface area contributed by atoms with Crippen molar-refractivity contribution in [2.45, 2.75) is 13.8 Å².